The Bertz CT molecular complexity index is 864. The molecule has 0 fully saturated rings. The number of halogens is 1. The zero-order chi connectivity index (χ0) is 16.2. The van der Waals surface area contributed by atoms with Crippen molar-refractivity contribution in [2.24, 2.45) is 0 Å². The van der Waals surface area contributed by atoms with Crippen molar-refractivity contribution in [1.82, 2.24) is 9.97 Å². The molecule has 0 radical (unpaired) electrons. The van der Waals surface area contributed by atoms with Crippen LogP contribution in [0.5, 0.6) is 0 Å². The van der Waals surface area contributed by atoms with Crippen molar-refractivity contribution in [1.29, 1.82) is 0 Å². The van der Waals surface area contributed by atoms with Gasteiger partial charge < -0.3 is 5.32 Å². The Kier molecular flexibility index (Phi) is 4.79. The number of nitrogens with zero attached hydrogens (tertiary/aromatic N) is 2. The summed E-state index contributed by atoms with van der Waals surface area (Å²) < 4.78 is 0. The van der Waals surface area contributed by atoms with Crippen LogP contribution >= 0.6 is 23.4 Å². The number of thioether (sulfide) groups is 1. The van der Waals surface area contributed by atoms with Gasteiger partial charge in [-0.1, -0.05) is 41.6 Å². The molecule has 3 aromatic rings. The lowest BCUT2D eigenvalue weighted by atomic mass is 10.2. The van der Waals surface area contributed by atoms with Crippen LogP contribution in [0, 0.1) is 6.92 Å². The van der Waals surface area contributed by atoms with Gasteiger partial charge in [-0.2, -0.15) is 0 Å². The number of hydrogen-bond donors (Lipinski definition) is 1. The molecule has 0 aliphatic heterocycles. The molecule has 1 heterocycles. The molecule has 1 amide bonds. The van der Waals surface area contributed by atoms with E-state index < -0.39 is 0 Å². The summed E-state index contributed by atoms with van der Waals surface area (Å²) in [6.07, 6.45) is 1.52. The second-order valence-electron chi connectivity index (χ2n) is 4.99. The number of para-hydroxylation sites is 1. The van der Waals surface area contributed by atoms with Gasteiger partial charge in [-0.3, -0.25) is 4.79 Å². The molecule has 0 aliphatic rings. The third kappa shape index (κ3) is 3.81. The van der Waals surface area contributed by atoms with E-state index in [-0.39, 0.29) is 11.7 Å². The summed E-state index contributed by atoms with van der Waals surface area (Å²) in [5.74, 6) is 0.200. The van der Waals surface area contributed by atoms with Crippen LogP contribution in [0.15, 0.2) is 53.8 Å². The molecule has 0 spiro atoms. The Hall–Kier alpha value is -2.11. The van der Waals surface area contributed by atoms with Gasteiger partial charge in [0.15, 0.2) is 0 Å². The fraction of sp³-hybridized carbons (Fsp3) is 0.118. The van der Waals surface area contributed by atoms with Crippen molar-refractivity contribution in [3.8, 4) is 0 Å². The number of rotatable bonds is 4. The highest BCUT2D eigenvalue weighted by Crippen LogP contribution is 2.25. The first kappa shape index (κ1) is 15.8. The molecule has 4 nitrogen and oxygen atoms in total. The third-order valence-electron chi connectivity index (χ3n) is 3.31. The first-order valence-electron chi connectivity index (χ1n) is 7.02. The Labute approximate surface area is 143 Å². The molecule has 1 aromatic heterocycles. The molecule has 23 heavy (non-hydrogen) atoms. The molecule has 0 saturated carbocycles. The predicted molar refractivity (Wildman–Crippen MR) is 95.1 cm³/mol. The first-order chi connectivity index (χ1) is 11.1. The third-order valence-corrected chi connectivity index (χ3v) is 4.55. The maximum atomic E-state index is 12.2. The minimum Gasteiger partial charge on any atom is -0.325 e. The van der Waals surface area contributed by atoms with E-state index in [4.69, 9.17) is 11.6 Å². The van der Waals surface area contributed by atoms with Gasteiger partial charge in [0.25, 0.3) is 0 Å². The predicted octanol–water partition coefficient (Wildman–Crippen LogP) is 4.32. The van der Waals surface area contributed by atoms with E-state index in [2.05, 4.69) is 15.3 Å². The minimum atomic E-state index is -0.0804. The highest BCUT2D eigenvalue weighted by Gasteiger charge is 2.09. The van der Waals surface area contributed by atoms with E-state index >= 15 is 0 Å². The van der Waals surface area contributed by atoms with E-state index in [1.54, 1.807) is 12.1 Å². The van der Waals surface area contributed by atoms with E-state index in [0.29, 0.717) is 5.02 Å². The van der Waals surface area contributed by atoms with Gasteiger partial charge >= 0.3 is 0 Å². The summed E-state index contributed by atoms with van der Waals surface area (Å²) in [6, 6.07) is 13.1. The number of carbonyl (C=O) groups is 1. The molecule has 0 saturated heterocycles. The molecule has 116 valence electrons. The number of carbonyl (C=O) groups excluding carboxylic acids is 1. The van der Waals surface area contributed by atoms with Crippen LogP contribution in [0.4, 0.5) is 5.69 Å². The van der Waals surface area contributed by atoms with Crippen molar-refractivity contribution < 1.29 is 4.79 Å². The molecular formula is C17H14ClN3OS. The van der Waals surface area contributed by atoms with Crippen LogP contribution in [0.2, 0.25) is 5.02 Å². The van der Waals surface area contributed by atoms with Gasteiger partial charge in [-0.25, -0.2) is 9.97 Å². The maximum Gasteiger partial charge on any atom is 0.234 e. The summed E-state index contributed by atoms with van der Waals surface area (Å²) in [7, 11) is 0. The van der Waals surface area contributed by atoms with Gasteiger partial charge in [0.05, 0.1) is 11.3 Å². The number of anilines is 1. The second kappa shape index (κ2) is 6.98. The van der Waals surface area contributed by atoms with Crippen LogP contribution in [-0.2, 0) is 4.79 Å². The summed E-state index contributed by atoms with van der Waals surface area (Å²) in [5.41, 5.74) is 2.58. The molecular weight excluding hydrogens is 330 g/mol. The van der Waals surface area contributed by atoms with Gasteiger partial charge in [-0.05, 0) is 36.8 Å². The molecule has 3 rings (SSSR count). The fourth-order valence-corrected chi connectivity index (χ4v) is 3.20. The average molecular weight is 344 g/mol. The van der Waals surface area contributed by atoms with E-state index in [9.17, 15) is 4.79 Å². The molecule has 0 unspecified atom stereocenters. The van der Waals surface area contributed by atoms with Crippen LogP contribution < -0.4 is 5.32 Å². The molecule has 0 aliphatic carbocycles. The summed E-state index contributed by atoms with van der Waals surface area (Å²) >= 11 is 7.32. The second-order valence-corrected chi connectivity index (χ2v) is 6.39. The summed E-state index contributed by atoms with van der Waals surface area (Å²) in [5, 5.41) is 5.31. The molecule has 2 aromatic carbocycles. The minimum absolute atomic E-state index is 0.0804. The number of fused-ring (bicyclic) bond motifs is 1. The number of aryl methyl sites for hydroxylation is 1. The summed E-state index contributed by atoms with van der Waals surface area (Å²) in [6.45, 7) is 1.91. The SMILES string of the molecule is Cc1cc(Cl)ccc1NC(=O)CSc1ncnc2ccccc12. The van der Waals surface area contributed by atoms with Crippen molar-refractivity contribution in [2.75, 3.05) is 11.1 Å². The van der Waals surface area contributed by atoms with Crippen molar-refractivity contribution in [2.45, 2.75) is 11.9 Å². The lowest BCUT2D eigenvalue weighted by Crippen LogP contribution is -2.15. The standard InChI is InChI=1S/C17H14ClN3OS/c1-11-8-12(18)6-7-14(11)21-16(22)9-23-17-13-4-2-3-5-15(13)19-10-20-17/h2-8,10H,9H2,1H3,(H,21,22). The van der Waals surface area contributed by atoms with Gasteiger partial charge in [0, 0.05) is 16.1 Å². The highest BCUT2D eigenvalue weighted by atomic mass is 35.5. The maximum absolute atomic E-state index is 12.2. The Balaban J connectivity index is 1.69. The van der Waals surface area contributed by atoms with E-state index in [0.717, 1.165) is 27.2 Å². The van der Waals surface area contributed by atoms with Crippen LogP contribution in [0.3, 0.4) is 0 Å². The zero-order valence-electron chi connectivity index (χ0n) is 12.4. The summed E-state index contributed by atoms with van der Waals surface area (Å²) in [4.78, 5) is 20.6. The lowest BCUT2D eigenvalue weighted by Gasteiger charge is -2.09. The number of hydrogen-bond acceptors (Lipinski definition) is 4. The van der Waals surface area contributed by atoms with Crippen molar-refractivity contribution >= 4 is 45.9 Å². The molecule has 0 bridgehead atoms. The normalized spacial score (nSPS) is 10.7. The number of benzene rings is 2. The van der Waals surface area contributed by atoms with Crippen molar-refractivity contribution in [3.05, 3.63) is 59.4 Å². The van der Waals surface area contributed by atoms with Gasteiger partial charge in [0.1, 0.15) is 11.4 Å². The average Bonchev–Trinajstić information content (AvgIpc) is 2.55. The molecule has 0 atom stereocenters. The highest BCUT2D eigenvalue weighted by molar-refractivity contribution is 8.00. The monoisotopic (exact) mass is 343 g/mol. The smallest absolute Gasteiger partial charge is 0.234 e. The number of amides is 1. The van der Waals surface area contributed by atoms with Gasteiger partial charge in [-0.15, -0.1) is 0 Å². The number of nitrogens with one attached hydrogen (secondary N) is 1. The van der Waals surface area contributed by atoms with Gasteiger partial charge in [0.2, 0.25) is 5.91 Å². The van der Waals surface area contributed by atoms with Crippen LogP contribution in [-0.4, -0.2) is 21.6 Å². The number of aromatic nitrogens is 2. The molecule has 6 heteroatoms. The lowest BCUT2D eigenvalue weighted by molar-refractivity contribution is -0.113. The Morgan fingerprint density at radius 2 is 2.04 bits per heavy atom. The Morgan fingerprint density at radius 3 is 2.87 bits per heavy atom. The van der Waals surface area contributed by atoms with Crippen molar-refractivity contribution in [3.63, 3.8) is 0 Å². The zero-order valence-corrected chi connectivity index (χ0v) is 14.0. The van der Waals surface area contributed by atoms with Crippen LogP contribution in [0.25, 0.3) is 10.9 Å². The largest absolute Gasteiger partial charge is 0.325 e. The van der Waals surface area contributed by atoms with E-state index in [1.807, 2.05) is 37.3 Å². The molecule has 1 N–H and O–H groups in total. The van der Waals surface area contributed by atoms with Crippen LogP contribution in [0.1, 0.15) is 5.56 Å². The van der Waals surface area contributed by atoms with E-state index in [1.165, 1.54) is 18.1 Å². The first-order valence-corrected chi connectivity index (χ1v) is 8.38. The topological polar surface area (TPSA) is 54.9 Å². The Morgan fingerprint density at radius 1 is 1.22 bits per heavy atom. The quantitative estimate of drug-likeness (QED) is 0.566. The fourth-order valence-electron chi connectivity index (χ4n) is 2.18.